The van der Waals surface area contributed by atoms with E-state index >= 15 is 0 Å². The van der Waals surface area contributed by atoms with Crippen LogP contribution in [0.4, 0.5) is 0 Å². The summed E-state index contributed by atoms with van der Waals surface area (Å²) in [5, 5.41) is 8.93. The summed E-state index contributed by atoms with van der Waals surface area (Å²) in [7, 11) is 0. The molecular formula is C13H16O2. The molecule has 1 aliphatic carbocycles. The monoisotopic (exact) mass is 204 g/mol. The van der Waals surface area contributed by atoms with Gasteiger partial charge >= 0.3 is 5.97 Å². The van der Waals surface area contributed by atoms with Crippen molar-refractivity contribution >= 4 is 5.97 Å². The van der Waals surface area contributed by atoms with Crippen molar-refractivity contribution in [2.24, 2.45) is 5.92 Å². The molecule has 2 rings (SSSR count). The van der Waals surface area contributed by atoms with Gasteiger partial charge in [0.1, 0.15) is 0 Å². The molecule has 1 aliphatic rings. The Morgan fingerprint density at radius 1 is 1.40 bits per heavy atom. The Kier molecular flexibility index (Phi) is 2.76. The van der Waals surface area contributed by atoms with Gasteiger partial charge in [0.15, 0.2) is 0 Å². The Balaban J connectivity index is 2.11. The van der Waals surface area contributed by atoms with Crippen molar-refractivity contribution in [2.45, 2.75) is 32.1 Å². The summed E-state index contributed by atoms with van der Waals surface area (Å²) >= 11 is 0. The minimum Gasteiger partial charge on any atom is -0.481 e. The molecule has 0 radical (unpaired) electrons. The van der Waals surface area contributed by atoms with E-state index in [1.165, 1.54) is 11.1 Å². The van der Waals surface area contributed by atoms with Gasteiger partial charge in [-0.05, 0) is 37.7 Å². The van der Waals surface area contributed by atoms with Gasteiger partial charge in [0.05, 0.1) is 5.92 Å². The minimum absolute atomic E-state index is 0.129. The zero-order chi connectivity index (χ0) is 10.8. The maximum absolute atomic E-state index is 10.8. The third kappa shape index (κ3) is 2.20. The van der Waals surface area contributed by atoms with E-state index in [2.05, 4.69) is 31.2 Å². The molecule has 0 aliphatic heterocycles. The maximum atomic E-state index is 10.8. The number of benzene rings is 1. The molecule has 80 valence electrons. The quantitative estimate of drug-likeness (QED) is 0.804. The van der Waals surface area contributed by atoms with Crippen LogP contribution in [0.1, 0.15) is 36.3 Å². The summed E-state index contributed by atoms with van der Waals surface area (Å²) in [4.78, 5) is 10.8. The fourth-order valence-electron chi connectivity index (χ4n) is 2.43. The highest BCUT2D eigenvalue weighted by Crippen LogP contribution is 2.38. The van der Waals surface area contributed by atoms with Crippen molar-refractivity contribution in [3.63, 3.8) is 0 Å². The van der Waals surface area contributed by atoms with Gasteiger partial charge in [0.2, 0.25) is 0 Å². The molecule has 0 unspecified atom stereocenters. The molecule has 2 heteroatoms. The van der Waals surface area contributed by atoms with Crippen LogP contribution in [-0.4, -0.2) is 11.1 Å². The molecule has 1 saturated carbocycles. The molecule has 0 bridgehead atoms. The lowest BCUT2D eigenvalue weighted by Crippen LogP contribution is -2.09. The normalized spacial score (nSPS) is 25.4. The highest BCUT2D eigenvalue weighted by Gasteiger charge is 2.30. The fourth-order valence-corrected chi connectivity index (χ4v) is 2.43. The summed E-state index contributed by atoms with van der Waals surface area (Å²) in [6.45, 7) is 2.08. The van der Waals surface area contributed by atoms with Gasteiger partial charge in [-0.1, -0.05) is 29.8 Å². The van der Waals surface area contributed by atoms with Crippen molar-refractivity contribution in [1.29, 1.82) is 0 Å². The van der Waals surface area contributed by atoms with Gasteiger partial charge in [0.25, 0.3) is 0 Å². The van der Waals surface area contributed by atoms with Gasteiger partial charge in [-0.3, -0.25) is 4.79 Å². The Morgan fingerprint density at radius 3 is 2.80 bits per heavy atom. The third-order valence-electron chi connectivity index (χ3n) is 3.30. The Bertz CT molecular complexity index is 371. The van der Waals surface area contributed by atoms with E-state index in [9.17, 15) is 4.79 Å². The highest BCUT2D eigenvalue weighted by atomic mass is 16.4. The van der Waals surface area contributed by atoms with Crippen LogP contribution in [-0.2, 0) is 4.79 Å². The van der Waals surface area contributed by atoms with Crippen LogP contribution in [0, 0.1) is 12.8 Å². The van der Waals surface area contributed by atoms with Crippen LogP contribution >= 0.6 is 0 Å². The van der Waals surface area contributed by atoms with Gasteiger partial charge in [0, 0.05) is 0 Å². The lowest BCUT2D eigenvalue weighted by Gasteiger charge is -2.10. The van der Waals surface area contributed by atoms with E-state index < -0.39 is 5.97 Å². The molecule has 15 heavy (non-hydrogen) atoms. The van der Waals surface area contributed by atoms with Crippen LogP contribution in [0.2, 0.25) is 0 Å². The van der Waals surface area contributed by atoms with Crippen molar-refractivity contribution in [2.75, 3.05) is 0 Å². The second kappa shape index (κ2) is 4.05. The Hall–Kier alpha value is -1.31. The summed E-state index contributed by atoms with van der Waals surface area (Å²) in [5.41, 5.74) is 2.56. The third-order valence-corrected chi connectivity index (χ3v) is 3.30. The molecule has 0 spiro atoms. The largest absolute Gasteiger partial charge is 0.481 e. The Morgan fingerprint density at radius 2 is 2.20 bits per heavy atom. The smallest absolute Gasteiger partial charge is 0.306 e. The average Bonchev–Trinajstić information content (AvgIpc) is 2.66. The van der Waals surface area contributed by atoms with Gasteiger partial charge in [-0.2, -0.15) is 0 Å². The van der Waals surface area contributed by atoms with E-state index in [1.807, 2.05) is 0 Å². The molecule has 0 aromatic heterocycles. The second-order valence-corrected chi connectivity index (χ2v) is 4.46. The average molecular weight is 204 g/mol. The lowest BCUT2D eigenvalue weighted by molar-refractivity contribution is -0.141. The second-order valence-electron chi connectivity index (χ2n) is 4.46. The predicted molar refractivity (Wildman–Crippen MR) is 58.9 cm³/mol. The van der Waals surface area contributed by atoms with Crippen molar-refractivity contribution in [3.8, 4) is 0 Å². The first-order valence-corrected chi connectivity index (χ1v) is 5.46. The molecule has 1 aromatic carbocycles. The number of carboxylic acid groups (broad SMARTS) is 1. The number of carbonyl (C=O) groups is 1. The highest BCUT2D eigenvalue weighted by molar-refractivity contribution is 5.70. The van der Waals surface area contributed by atoms with Crippen LogP contribution in [0.5, 0.6) is 0 Å². The van der Waals surface area contributed by atoms with Crippen LogP contribution in [0.3, 0.4) is 0 Å². The fraction of sp³-hybridized carbons (Fsp3) is 0.462. The van der Waals surface area contributed by atoms with E-state index in [0.29, 0.717) is 5.92 Å². The van der Waals surface area contributed by atoms with E-state index in [-0.39, 0.29) is 5.92 Å². The number of hydrogen-bond donors (Lipinski definition) is 1. The molecule has 1 fully saturated rings. The van der Waals surface area contributed by atoms with Crippen molar-refractivity contribution in [3.05, 3.63) is 35.4 Å². The first-order chi connectivity index (χ1) is 7.16. The Labute approximate surface area is 89.9 Å². The summed E-state index contributed by atoms with van der Waals surface area (Å²) in [5.74, 6) is -0.313. The molecule has 0 saturated heterocycles. The number of hydrogen-bond acceptors (Lipinski definition) is 1. The number of aryl methyl sites for hydroxylation is 1. The maximum Gasteiger partial charge on any atom is 0.306 e. The summed E-state index contributed by atoms with van der Waals surface area (Å²) in [6, 6.07) is 8.42. The van der Waals surface area contributed by atoms with Gasteiger partial charge in [-0.25, -0.2) is 0 Å². The summed E-state index contributed by atoms with van der Waals surface area (Å²) in [6.07, 6.45) is 2.65. The zero-order valence-electron chi connectivity index (χ0n) is 8.94. The van der Waals surface area contributed by atoms with Crippen molar-refractivity contribution < 1.29 is 9.90 Å². The SMILES string of the molecule is Cc1cccc([C@@H]2CC[C@@H](C(=O)O)C2)c1. The molecule has 1 N–H and O–H groups in total. The van der Waals surface area contributed by atoms with Crippen LogP contribution in [0.15, 0.2) is 24.3 Å². The number of aliphatic carboxylic acids is 1. The molecule has 0 amide bonds. The molecule has 2 atom stereocenters. The minimum atomic E-state index is -0.634. The molecule has 2 nitrogen and oxygen atoms in total. The molecule has 1 aromatic rings. The first-order valence-electron chi connectivity index (χ1n) is 5.46. The van der Waals surface area contributed by atoms with E-state index in [4.69, 9.17) is 5.11 Å². The topological polar surface area (TPSA) is 37.3 Å². The van der Waals surface area contributed by atoms with E-state index in [1.54, 1.807) is 0 Å². The summed E-state index contributed by atoms with van der Waals surface area (Å²) < 4.78 is 0. The van der Waals surface area contributed by atoms with Gasteiger partial charge < -0.3 is 5.11 Å². The molecular weight excluding hydrogens is 188 g/mol. The van der Waals surface area contributed by atoms with Gasteiger partial charge in [-0.15, -0.1) is 0 Å². The van der Waals surface area contributed by atoms with E-state index in [0.717, 1.165) is 19.3 Å². The first kappa shape index (κ1) is 10.2. The van der Waals surface area contributed by atoms with Crippen LogP contribution in [0.25, 0.3) is 0 Å². The van der Waals surface area contributed by atoms with Crippen LogP contribution < -0.4 is 0 Å². The number of carboxylic acids is 1. The predicted octanol–water partition coefficient (Wildman–Crippen LogP) is 2.96. The molecule has 0 heterocycles. The number of rotatable bonds is 2. The standard InChI is InChI=1S/C13H16O2/c1-9-3-2-4-10(7-9)11-5-6-12(8-11)13(14)15/h2-4,7,11-12H,5-6,8H2,1H3,(H,14,15)/t11-,12-/m1/s1. The lowest BCUT2D eigenvalue weighted by atomic mass is 9.95. The van der Waals surface area contributed by atoms with Crippen molar-refractivity contribution in [1.82, 2.24) is 0 Å². The zero-order valence-corrected chi connectivity index (χ0v) is 8.94.